The van der Waals surface area contributed by atoms with Gasteiger partial charge in [0, 0.05) is 23.5 Å². The third-order valence-electron chi connectivity index (χ3n) is 4.91. The molecule has 1 aromatic carbocycles. The Morgan fingerprint density at radius 2 is 1.78 bits per heavy atom. The van der Waals surface area contributed by atoms with Crippen molar-refractivity contribution in [1.29, 1.82) is 0 Å². The molecule has 0 aliphatic rings. The highest BCUT2D eigenvalue weighted by Crippen LogP contribution is 2.19. The maximum Gasteiger partial charge on any atom is 0.326 e. The molecular formula is C21H29N5O5S. The third-order valence-corrected chi connectivity index (χ3v) is 5.56. The Labute approximate surface area is 190 Å². The molecule has 174 valence electrons. The highest BCUT2D eigenvalue weighted by atomic mass is 32.2. The van der Waals surface area contributed by atoms with Crippen LogP contribution in [0.25, 0.3) is 10.9 Å². The summed E-state index contributed by atoms with van der Waals surface area (Å²) in [5, 5.41) is 18.1. The number of amides is 3. The predicted octanol–water partition coefficient (Wildman–Crippen LogP) is -0.0189. The van der Waals surface area contributed by atoms with Crippen LogP contribution in [-0.4, -0.2) is 70.5 Å². The zero-order valence-electron chi connectivity index (χ0n) is 18.0. The monoisotopic (exact) mass is 463 g/mol. The Balaban J connectivity index is 2.10. The first kappa shape index (κ1) is 25.2. The first-order valence-corrected chi connectivity index (χ1v) is 11.5. The number of aromatic nitrogens is 1. The molecule has 0 bridgehead atoms. The van der Waals surface area contributed by atoms with E-state index in [4.69, 9.17) is 5.73 Å². The molecule has 0 radical (unpaired) electrons. The fourth-order valence-electron chi connectivity index (χ4n) is 3.16. The number of aromatic amines is 1. The predicted molar refractivity (Wildman–Crippen MR) is 123 cm³/mol. The van der Waals surface area contributed by atoms with E-state index in [-0.39, 0.29) is 13.0 Å². The molecule has 0 aliphatic heterocycles. The largest absolute Gasteiger partial charge is 0.480 e. The molecule has 0 spiro atoms. The Morgan fingerprint density at radius 3 is 2.44 bits per heavy atom. The number of fused-ring (bicyclic) bond motifs is 1. The number of para-hydroxylation sites is 1. The van der Waals surface area contributed by atoms with Crippen LogP contribution in [0.4, 0.5) is 0 Å². The van der Waals surface area contributed by atoms with Crippen molar-refractivity contribution in [3.63, 3.8) is 0 Å². The number of H-pyrrole nitrogens is 1. The fourth-order valence-corrected chi connectivity index (χ4v) is 3.63. The van der Waals surface area contributed by atoms with Crippen molar-refractivity contribution in [2.45, 2.75) is 37.9 Å². The van der Waals surface area contributed by atoms with Crippen LogP contribution in [-0.2, 0) is 25.6 Å². The summed E-state index contributed by atoms with van der Waals surface area (Å²) >= 11 is 1.49. The topological polar surface area (TPSA) is 166 Å². The molecule has 0 aliphatic carbocycles. The van der Waals surface area contributed by atoms with E-state index >= 15 is 0 Å². The molecule has 0 saturated carbocycles. The van der Waals surface area contributed by atoms with Gasteiger partial charge in [-0.15, -0.1) is 0 Å². The standard InChI is InChI=1S/C21H29N5O5S/c1-12(24-18(27)10-22)19(28)25-16(7-8-32-2)20(29)26-17(21(30)31)9-13-11-23-15-6-4-3-5-14(13)15/h3-6,11-12,16-17,23H,7-10,22H2,1-2H3,(H,24,27)(H,25,28)(H,26,29)(H,30,31). The number of carbonyl (C=O) groups excluding carboxylic acids is 3. The number of hydrogen-bond acceptors (Lipinski definition) is 6. The molecule has 3 atom stereocenters. The van der Waals surface area contributed by atoms with E-state index in [0.717, 1.165) is 16.5 Å². The quantitative estimate of drug-likeness (QED) is 0.257. The number of nitrogens with two attached hydrogens (primary N) is 1. The Kier molecular flexibility index (Phi) is 9.54. The van der Waals surface area contributed by atoms with Gasteiger partial charge in [-0.1, -0.05) is 18.2 Å². The van der Waals surface area contributed by atoms with E-state index in [0.29, 0.717) is 12.2 Å². The van der Waals surface area contributed by atoms with Crippen molar-refractivity contribution < 1.29 is 24.3 Å². The average Bonchev–Trinajstić information content (AvgIpc) is 3.18. The van der Waals surface area contributed by atoms with Crippen molar-refractivity contribution in [3.8, 4) is 0 Å². The minimum atomic E-state index is -1.18. The molecule has 1 aromatic heterocycles. The molecule has 0 fully saturated rings. The highest BCUT2D eigenvalue weighted by molar-refractivity contribution is 7.98. The number of aliphatic carboxylic acids is 1. The van der Waals surface area contributed by atoms with E-state index < -0.39 is 41.8 Å². The van der Waals surface area contributed by atoms with Gasteiger partial charge < -0.3 is 31.8 Å². The van der Waals surface area contributed by atoms with Crippen molar-refractivity contribution in [3.05, 3.63) is 36.0 Å². The molecule has 3 amide bonds. The summed E-state index contributed by atoms with van der Waals surface area (Å²) < 4.78 is 0. The van der Waals surface area contributed by atoms with E-state index in [1.54, 1.807) is 6.20 Å². The third kappa shape index (κ3) is 6.99. The van der Waals surface area contributed by atoms with Gasteiger partial charge >= 0.3 is 5.97 Å². The van der Waals surface area contributed by atoms with Crippen LogP contribution in [0.15, 0.2) is 30.5 Å². The van der Waals surface area contributed by atoms with Gasteiger partial charge in [-0.3, -0.25) is 14.4 Å². The van der Waals surface area contributed by atoms with Gasteiger partial charge in [-0.25, -0.2) is 4.79 Å². The first-order valence-electron chi connectivity index (χ1n) is 10.1. The molecule has 11 heteroatoms. The van der Waals surface area contributed by atoms with E-state index in [9.17, 15) is 24.3 Å². The maximum absolute atomic E-state index is 12.9. The Morgan fingerprint density at radius 1 is 1.09 bits per heavy atom. The highest BCUT2D eigenvalue weighted by Gasteiger charge is 2.28. The second kappa shape index (κ2) is 12.1. The van der Waals surface area contributed by atoms with Gasteiger partial charge in [-0.2, -0.15) is 11.8 Å². The number of rotatable bonds is 12. The van der Waals surface area contributed by atoms with Crippen LogP contribution in [0.3, 0.4) is 0 Å². The smallest absolute Gasteiger partial charge is 0.326 e. The first-order chi connectivity index (χ1) is 15.3. The van der Waals surface area contributed by atoms with Crippen molar-refractivity contribution in [2.24, 2.45) is 5.73 Å². The molecule has 3 unspecified atom stereocenters. The second-order valence-corrected chi connectivity index (χ2v) is 8.28. The van der Waals surface area contributed by atoms with E-state index in [1.807, 2.05) is 30.5 Å². The molecule has 2 aromatic rings. The van der Waals surface area contributed by atoms with Crippen LogP contribution in [0.2, 0.25) is 0 Å². The summed E-state index contributed by atoms with van der Waals surface area (Å²) in [6.45, 7) is 1.21. The Bertz CT molecular complexity index is 963. The lowest BCUT2D eigenvalue weighted by Gasteiger charge is -2.23. The number of carbonyl (C=O) groups is 4. The summed E-state index contributed by atoms with van der Waals surface area (Å²) in [5.41, 5.74) is 6.87. The van der Waals surface area contributed by atoms with Gasteiger partial charge in [0.15, 0.2) is 0 Å². The van der Waals surface area contributed by atoms with Gasteiger partial charge in [0.05, 0.1) is 6.54 Å². The minimum absolute atomic E-state index is 0.0806. The summed E-state index contributed by atoms with van der Waals surface area (Å²) in [7, 11) is 0. The maximum atomic E-state index is 12.9. The van der Waals surface area contributed by atoms with Gasteiger partial charge in [0.25, 0.3) is 0 Å². The van der Waals surface area contributed by atoms with Crippen LogP contribution >= 0.6 is 11.8 Å². The summed E-state index contributed by atoms with van der Waals surface area (Å²) in [6, 6.07) is 4.47. The van der Waals surface area contributed by atoms with Gasteiger partial charge in [0.1, 0.15) is 18.1 Å². The number of nitrogens with one attached hydrogen (secondary N) is 4. The normalized spacial score (nSPS) is 13.7. The van der Waals surface area contributed by atoms with Crippen LogP contribution < -0.4 is 21.7 Å². The second-order valence-electron chi connectivity index (χ2n) is 7.30. The van der Waals surface area contributed by atoms with Crippen LogP contribution in [0, 0.1) is 0 Å². The van der Waals surface area contributed by atoms with Gasteiger partial charge in [0.2, 0.25) is 17.7 Å². The van der Waals surface area contributed by atoms with Crippen LogP contribution in [0.1, 0.15) is 18.9 Å². The zero-order valence-corrected chi connectivity index (χ0v) is 18.8. The lowest BCUT2D eigenvalue weighted by molar-refractivity contribution is -0.142. The lowest BCUT2D eigenvalue weighted by Crippen LogP contribution is -2.56. The summed E-state index contributed by atoms with van der Waals surface area (Å²) in [4.78, 5) is 51.6. The minimum Gasteiger partial charge on any atom is -0.480 e. The van der Waals surface area contributed by atoms with Gasteiger partial charge in [-0.05, 0) is 37.0 Å². The molecule has 0 saturated heterocycles. The average molecular weight is 464 g/mol. The zero-order chi connectivity index (χ0) is 23.7. The number of carboxylic acids is 1. The molecular weight excluding hydrogens is 434 g/mol. The summed E-state index contributed by atoms with van der Waals surface area (Å²) in [5.74, 6) is -2.26. The number of carboxylic acid groups (broad SMARTS) is 1. The Hall–Kier alpha value is -3.05. The number of hydrogen-bond donors (Lipinski definition) is 6. The number of benzene rings is 1. The molecule has 32 heavy (non-hydrogen) atoms. The van der Waals surface area contributed by atoms with E-state index in [2.05, 4.69) is 20.9 Å². The van der Waals surface area contributed by atoms with Crippen LogP contribution in [0.5, 0.6) is 0 Å². The molecule has 1 heterocycles. The SMILES string of the molecule is CSCCC(NC(=O)C(C)NC(=O)CN)C(=O)NC(Cc1c[nH]c2ccccc12)C(=O)O. The molecule has 7 N–H and O–H groups in total. The number of thioether (sulfide) groups is 1. The van der Waals surface area contributed by atoms with E-state index in [1.165, 1.54) is 18.7 Å². The fraction of sp³-hybridized carbons (Fsp3) is 0.429. The van der Waals surface area contributed by atoms with Crippen molar-refractivity contribution in [2.75, 3.05) is 18.6 Å². The molecule has 10 nitrogen and oxygen atoms in total. The lowest BCUT2D eigenvalue weighted by atomic mass is 10.0. The van der Waals surface area contributed by atoms with Crippen molar-refractivity contribution >= 4 is 46.4 Å². The molecule has 2 rings (SSSR count). The summed E-state index contributed by atoms with van der Waals surface area (Å²) in [6.07, 6.45) is 3.96. The van der Waals surface area contributed by atoms with Crippen molar-refractivity contribution in [1.82, 2.24) is 20.9 Å².